The largest absolute Gasteiger partial charge is 0.480 e. The third-order valence-electron chi connectivity index (χ3n) is 8.98. The van der Waals surface area contributed by atoms with E-state index in [-0.39, 0.29) is 12.3 Å². The quantitative estimate of drug-likeness (QED) is 0.0988. The third-order valence-corrected chi connectivity index (χ3v) is 9.93. The van der Waals surface area contributed by atoms with Crippen molar-refractivity contribution in [3.8, 4) is 0 Å². The van der Waals surface area contributed by atoms with Crippen molar-refractivity contribution in [1.29, 1.82) is 0 Å². The maximum atomic E-state index is 13.0. The Morgan fingerprint density at radius 3 is 1.24 bits per heavy atom. The van der Waals surface area contributed by atoms with Crippen molar-refractivity contribution in [1.82, 2.24) is 30.2 Å². The van der Waals surface area contributed by atoms with Gasteiger partial charge in [-0.25, -0.2) is 9.59 Å². The topological polar surface area (TPSA) is 157 Å². The number of aryl methyl sites for hydroxylation is 2. The summed E-state index contributed by atoms with van der Waals surface area (Å²) in [5, 5.41) is 25.3. The fraction of sp³-hybridized carbons (Fsp3) is 0.190. The number of amides is 2. The van der Waals surface area contributed by atoms with Gasteiger partial charge in [-0.15, -0.1) is 0 Å². The lowest BCUT2D eigenvalue weighted by Crippen LogP contribution is -2.46. The van der Waals surface area contributed by atoms with Crippen LogP contribution in [0.3, 0.4) is 0 Å². The lowest BCUT2D eigenvalue weighted by Gasteiger charge is -2.27. The number of nitrogens with zero attached hydrogens (tertiary/aromatic N) is 4. The van der Waals surface area contributed by atoms with E-state index >= 15 is 0 Å². The smallest absolute Gasteiger partial charge is 0.329 e. The monoisotopic (exact) mass is 862 g/mol. The number of carboxylic acids is 1. The maximum Gasteiger partial charge on any atom is 0.329 e. The molecule has 2 aromatic heterocycles. The molecule has 3 N–H and O–H groups in total. The van der Waals surface area contributed by atoms with Crippen molar-refractivity contribution < 1.29 is 29.0 Å². The van der Waals surface area contributed by atoms with Gasteiger partial charge in [-0.1, -0.05) is 94.9 Å². The molecule has 0 bridgehead atoms. The van der Waals surface area contributed by atoms with E-state index in [0.29, 0.717) is 36.9 Å². The van der Waals surface area contributed by atoms with Crippen molar-refractivity contribution in [3.05, 3.63) is 175 Å². The summed E-state index contributed by atoms with van der Waals surface area (Å²) >= 11 is 24.7. The van der Waals surface area contributed by atoms with Crippen molar-refractivity contribution in [3.63, 3.8) is 0 Å². The summed E-state index contributed by atoms with van der Waals surface area (Å²) < 4.78 is 8.11. The second kappa shape index (κ2) is 20.2. The second-order valence-corrected chi connectivity index (χ2v) is 14.6. The van der Waals surface area contributed by atoms with Gasteiger partial charge in [0.2, 0.25) is 0 Å². The Bertz CT molecular complexity index is 2310. The Morgan fingerprint density at radius 1 is 0.603 bits per heavy atom. The average Bonchev–Trinajstić information content (AvgIpc) is 3.82. The van der Waals surface area contributed by atoms with Crippen LogP contribution in [0.5, 0.6) is 0 Å². The van der Waals surface area contributed by atoms with Crippen LogP contribution in [0.15, 0.2) is 122 Å². The van der Waals surface area contributed by atoms with E-state index in [0.717, 1.165) is 11.1 Å². The summed E-state index contributed by atoms with van der Waals surface area (Å²) in [6.45, 7) is 1.89. The minimum absolute atomic E-state index is 0.175. The standard InChI is InChI=1S/C22H21Cl2N3O3.C20H17Cl2N3O3/c1-3-30-22(29)20(26-21(28)18-10-11-25-27(18)2)19(14-6-4-8-16(23)12-14)15-7-5-9-17(24)13-15;1-25-16(8-9-23-25)19(26)24-18(20(27)28)17(12-4-2-6-14(21)10-12)13-5-3-7-15(22)11-13/h4-13,19-20H,3H2,1-2H3,(H,26,28);2-11,17-18H,1H3,(H,24,26)(H,27,28). The van der Waals surface area contributed by atoms with E-state index in [1.807, 2.05) is 12.1 Å². The Hall–Kier alpha value is -5.66. The van der Waals surface area contributed by atoms with Crippen LogP contribution >= 0.6 is 46.4 Å². The van der Waals surface area contributed by atoms with Gasteiger partial charge in [-0.05, 0) is 89.8 Å². The molecule has 300 valence electrons. The highest BCUT2D eigenvalue weighted by Gasteiger charge is 2.35. The fourth-order valence-electron chi connectivity index (χ4n) is 6.38. The predicted octanol–water partition coefficient (Wildman–Crippen LogP) is 7.96. The molecule has 0 aliphatic carbocycles. The zero-order valence-electron chi connectivity index (χ0n) is 31.4. The molecule has 0 radical (unpaired) electrons. The first-order valence-corrected chi connectivity index (χ1v) is 19.3. The number of hydrogen-bond donors (Lipinski definition) is 3. The van der Waals surface area contributed by atoms with Crippen molar-refractivity contribution in [2.75, 3.05) is 6.61 Å². The number of aliphatic carboxylic acids is 1. The SMILES string of the molecule is CCOC(=O)C(NC(=O)c1ccnn1C)C(c1cccc(Cl)c1)c1cccc(Cl)c1.Cn1nccc1C(=O)NC(C(=O)O)C(c1cccc(Cl)c1)c1cccc(Cl)c1. The lowest BCUT2D eigenvalue weighted by atomic mass is 9.84. The van der Waals surface area contributed by atoms with Crippen LogP contribution in [0.1, 0.15) is 62.0 Å². The summed E-state index contributed by atoms with van der Waals surface area (Å²) in [7, 11) is 3.26. The minimum atomic E-state index is -1.25. The third kappa shape index (κ3) is 11.0. The van der Waals surface area contributed by atoms with Crippen LogP contribution in [0.2, 0.25) is 20.1 Å². The zero-order chi connectivity index (χ0) is 41.9. The summed E-state index contributed by atoms with van der Waals surface area (Å²) in [5.74, 6) is -3.99. The predicted molar refractivity (Wildman–Crippen MR) is 223 cm³/mol. The van der Waals surface area contributed by atoms with Crippen LogP contribution in [0, 0.1) is 0 Å². The molecule has 0 saturated carbocycles. The van der Waals surface area contributed by atoms with Gasteiger partial charge in [-0.3, -0.25) is 19.0 Å². The van der Waals surface area contributed by atoms with Crippen LogP contribution in [0.25, 0.3) is 0 Å². The first kappa shape index (κ1) is 43.5. The number of nitrogens with one attached hydrogen (secondary N) is 2. The highest BCUT2D eigenvalue weighted by molar-refractivity contribution is 6.31. The van der Waals surface area contributed by atoms with Gasteiger partial charge in [0.25, 0.3) is 11.8 Å². The van der Waals surface area contributed by atoms with Gasteiger partial charge in [0.05, 0.1) is 6.61 Å². The molecular weight excluding hydrogens is 826 g/mol. The van der Waals surface area contributed by atoms with Crippen LogP contribution in [0.4, 0.5) is 0 Å². The molecule has 2 heterocycles. The number of carboxylic acid groups (broad SMARTS) is 1. The molecule has 12 nitrogen and oxygen atoms in total. The first-order chi connectivity index (χ1) is 27.8. The molecule has 6 rings (SSSR count). The summed E-state index contributed by atoms with van der Waals surface area (Å²) in [6, 6.07) is 28.9. The van der Waals surface area contributed by atoms with Gasteiger partial charge < -0.3 is 20.5 Å². The fourth-order valence-corrected chi connectivity index (χ4v) is 7.17. The molecule has 58 heavy (non-hydrogen) atoms. The molecule has 6 aromatic rings. The molecule has 4 aromatic carbocycles. The number of carbonyl (C=O) groups is 4. The van der Waals surface area contributed by atoms with Crippen LogP contribution < -0.4 is 10.6 Å². The van der Waals surface area contributed by atoms with Gasteiger partial charge in [-0.2, -0.15) is 10.2 Å². The Kier molecular flexibility index (Phi) is 15.1. The van der Waals surface area contributed by atoms with E-state index < -0.39 is 47.7 Å². The molecule has 0 spiro atoms. The zero-order valence-corrected chi connectivity index (χ0v) is 34.4. The maximum absolute atomic E-state index is 13.0. The van der Waals surface area contributed by atoms with E-state index in [2.05, 4.69) is 20.8 Å². The van der Waals surface area contributed by atoms with E-state index in [4.69, 9.17) is 51.1 Å². The summed E-state index contributed by atoms with van der Waals surface area (Å²) in [5.41, 5.74) is 3.35. The van der Waals surface area contributed by atoms with Crippen molar-refractivity contribution >= 4 is 70.2 Å². The number of aromatic nitrogens is 4. The van der Waals surface area contributed by atoms with Crippen molar-refractivity contribution in [2.45, 2.75) is 30.8 Å². The molecule has 0 fully saturated rings. The molecule has 0 saturated heterocycles. The molecule has 2 amide bonds. The normalized spacial score (nSPS) is 11.9. The number of carbonyl (C=O) groups excluding carboxylic acids is 3. The molecule has 2 atom stereocenters. The molecule has 0 aliphatic heterocycles. The molecule has 16 heteroatoms. The number of hydrogen-bond acceptors (Lipinski definition) is 7. The van der Waals surface area contributed by atoms with Crippen LogP contribution in [-0.2, 0) is 28.4 Å². The first-order valence-electron chi connectivity index (χ1n) is 17.8. The van der Waals surface area contributed by atoms with Crippen molar-refractivity contribution in [2.24, 2.45) is 14.1 Å². The van der Waals surface area contributed by atoms with E-state index in [9.17, 15) is 24.3 Å². The van der Waals surface area contributed by atoms with Gasteiger partial charge in [0.15, 0.2) is 0 Å². The number of halogens is 4. The van der Waals surface area contributed by atoms with Crippen LogP contribution in [-0.4, -0.2) is 67.1 Å². The van der Waals surface area contributed by atoms with Gasteiger partial charge in [0, 0.05) is 58.4 Å². The average molecular weight is 865 g/mol. The molecule has 0 aliphatic rings. The lowest BCUT2D eigenvalue weighted by molar-refractivity contribution is -0.145. The Balaban J connectivity index is 0.000000221. The molecule has 2 unspecified atom stereocenters. The summed E-state index contributed by atoms with van der Waals surface area (Å²) in [6.07, 6.45) is 2.98. The highest BCUT2D eigenvalue weighted by Crippen LogP contribution is 2.33. The minimum Gasteiger partial charge on any atom is -0.480 e. The summed E-state index contributed by atoms with van der Waals surface area (Å²) in [4.78, 5) is 50.7. The Morgan fingerprint density at radius 2 is 0.948 bits per heavy atom. The second-order valence-electron chi connectivity index (χ2n) is 12.8. The number of rotatable bonds is 13. The number of benzene rings is 4. The Labute approximate surface area is 354 Å². The number of esters is 1. The number of ether oxygens (including phenoxy) is 1. The molecular formula is C42H38Cl4N6O6. The van der Waals surface area contributed by atoms with E-state index in [1.165, 1.54) is 27.8 Å². The van der Waals surface area contributed by atoms with E-state index in [1.54, 1.807) is 112 Å². The highest BCUT2D eigenvalue weighted by atomic mass is 35.5. The van der Waals surface area contributed by atoms with Gasteiger partial charge >= 0.3 is 11.9 Å². The van der Waals surface area contributed by atoms with Gasteiger partial charge in [0.1, 0.15) is 23.5 Å².